The zero-order chi connectivity index (χ0) is 17.4. The van der Waals surface area contributed by atoms with Crippen molar-refractivity contribution in [1.29, 1.82) is 0 Å². The van der Waals surface area contributed by atoms with E-state index in [-0.39, 0.29) is 16.4 Å². The van der Waals surface area contributed by atoms with E-state index >= 15 is 0 Å². The number of nitro groups is 1. The Morgan fingerprint density at radius 1 is 1.38 bits per heavy atom. The molecule has 1 aromatic heterocycles. The maximum Gasteiger partial charge on any atom is 0.333 e. The van der Waals surface area contributed by atoms with E-state index < -0.39 is 0 Å². The van der Waals surface area contributed by atoms with Gasteiger partial charge in [-0.3, -0.25) is 10.1 Å². The summed E-state index contributed by atoms with van der Waals surface area (Å²) >= 11 is 0. The van der Waals surface area contributed by atoms with E-state index in [1.54, 1.807) is 18.2 Å². The van der Waals surface area contributed by atoms with Crippen LogP contribution in [0.2, 0.25) is 0 Å². The minimum atomic E-state index is -0.373. The highest BCUT2D eigenvalue weighted by atomic mass is 16.6. The minimum Gasteiger partial charge on any atom is -0.490 e. The molecule has 0 bridgehead atoms. The SMILES string of the molecule is COc1cccc(N2CCc3c(nc(C(C)C)n3C)C2)c1[N+](=O)[O-]. The monoisotopic (exact) mass is 330 g/mol. The summed E-state index contributed by atoms with van der Waals surface area (Å²) in [4.78, 5) is 17.9. The molecular formula is C17H22N4O3. The molecule has 0 radical (unpaired) electrons. The van der Waals surface area contributed by atoms with E-state index in [2.05, 4.69) is 18.4 Å². The first-order chi connectivity index (χ1) is 11.4. The zero-order valence-electron chi connectivity index (χ0n) is 14.4. The van der Waals surface area contributed by atoms with Crippen LogP contribution >= 0.6 is 0 Å². The Morgan fingerprint density at radius 3 is 2.75 bits per heavy atom. The molecule has 0 atom stereocenters. The van der Waals surface area contributed by atoms with E-state index in [0.717, 1.165) is 24.5 Å². The second kappa shape index (κ2) is 6.14. The number of rotatable bonds is 4. The van der Waals surface area contributed by atoms with Crippen LogP contribution in [0.25, 0.3) is 0 Å². The predicted octanol–water partition coefficient (Wildman–Crippen LogP) is 3.02. The van der Waals surface area contributed by atoms with Crippen molar-refractivity contribution in [1.82, 2.24) is 9.55 Å². The summed E-state index contributed by atoms with van der Waals surface area (Å²) in [6.45, 7) is 5.54. The summed E-state index contributed by atoms with van der Waals surface area (Å²) < 4.78 is 7.34. The molecule has 0 aliphatic carbocycles. The number of methoxy groups -OCH3 is 1. The molecule has 1 aromatic carbocycles. The lowest BCUT2D eigenvalue weighted by Crippen LogP contribution is -2.31. The molecular weight excluding hydrogens is 308 g/mol. The van der Waals surface area contributed by atoms with Gasteiger partial charge in [0.15, 0.2) is 5.75 Å². The molecule has 0 spiro atoms. The molecule has 2 heterocycles. The number of imidazole rings is 1. The van der Waals surface area contributed by atoms with E-state index in [1.807, 2.05) is 11.9 Å². The highest BCUT2D eigenvalue weighted by molar-refractivity contribution is 5.70. The van der Waals surface area contributed by atoms with E-state index in [9.17, 15) is 10.1 Å². The van der Waals surface area contributed by atoms with Crippen molar-refractivity contribution < 1.29 is 9.66 Å². The van der Waals surface area contributed by atoms with Crippen LogP contribution in [0, 0.1) is 10.1 Å². The summed E-state index contributed by atoms with van der Waals surface area (Å²) in [6, 6.07) is 5.18. The third kappa shape index (κ3) is 2.60. The summed E-state index contributed by atoms with van der Waals surface area (Å²) in [5.41, 5.74) is 2.83. The highest BCUT2D eigenvalue weighted by Crippen LogP contribution is 2.38. The second-order valence-electron chi connectivity index (χ2n) is 6.33. The third-order valence-corrected chi connectivity index (χ3v) is 4.53. The van der Waals surface area contributed by atoms with Crippen LogP contribution in [-0.2, 0) is 20.0 Å². The van der Waals surface area contributed by atoms with Crippen molar-refractivity contribution in [2.24, 2.45) is 7.05 Å². The Kier molecular flexibility index (Phi) is 4.17. The number of aromatic nitrogens is 2. The number of nitro benzene ring substituents is 1. The Hall–Kier alpha value is -2.57. The molecule has 24 heavy (non-hydrogen) atoms. The number of fused-ring (bicyclic) bond motifs is 1. The van der Waals surface area contributed by atoms with Crippen molar-refractivity contribution in [3.8, 4) is 5.75 Å². The fraction of sp³-hybridized carbons (Fsp3) is 0.471. The molecule has 0 amide bonds. The van der Waals surface area contributed by atoms with Crippen LogP contribution in [-0.4, -0.2) is 28.1 Å². The number of ether oxygens (including phenoxy) is 1. The number of hydrogen-bond donors (Lipinski definition) is 0. The average Bonchev–Trinajstić information content (AvgIpc) is 2.90. The first-order valence-electron chi connectivity index (χ1n) is 8.04. The standard InChI is InChI=1S/C17H22N4O3/c1-11(2)17-18-12-10-20(9-8-13(12)19(17)3)14-6-5-7-15(24-4)16(14)21(22)23/h5-7,11H,8-10H2,1-4H3. The molecule has 0 saturated heterocycles. The Morgan fingerprint density at radius 2 is 2.12 bits per heavy atom. The lowest BCUT2D eigenvalue weighted by atomic mass is 10.1. The van der Waals surface area contributed by atoms with Gasteiger partial charge in [0, 0.05) is 31.6 Å². The van der Waals surface area contributed by atoms with E-state index in [4.69, 9.17) is 9.72 Å². The van der Waals surface area contributed by atoms with Crippen LogP contribution in [0.3, 0.4) is 0 Å². The minimum absolute atomic E-state index is 0.0171. The molecule has 0 fully saturated rings. The van der Waals surface area contributed by atoms with Gasteiger partial charge in [0.25, 0.3) is 0 Å². The Bertz CT molecular complexity index is 782. The summed E-state index contributed by atoms with van der Waals surface area (Å²) in [7, 11) is 3.50. The second-order valence-corrected chi connectivity index (χ2v) is 6.33. The van der Waals surface area contributed by atoms with Crippen LogP contribution in [0.5, 0.6) is 5.75 Å². The normalized spacial score (nSPS) is 14.0. The number of hydrogen-bond acceptors (Lipinski definition) is 5. The first kappa shape index (κ1) is 16.3. The molecule has 0 unspecified atom stereocenters. The lowest BCUT2D eigenvalue weighted by Gasteiger charge is -2.28. The Balaban J connectivity index is 2.00. The summed E-state index contributed by atoms with van der Waals surface area (Å²) in [6.07, 6.45) is 0.819. The topological polar surface area (TPSA) is 73.4 Å². The fourth-order valence-corrected chi connectivity index (χ4v) is 3.39. The molecule has 7 nitrogen and oxygen atoms in total. The molecule has 7 heteroatoms. The van der Waals surface area contributed by atoms with Gasteiger partial charge in [-0.25, -0.2) is 4.98 Å². The molecule has 0 N–H and O–H groups in total. The van der Waals surface area contributed by atoms with Gasteiger partial charge in [-0.15, -0.1) is 0 Å². The van der Waals surface area contributed by atoms with Crippen molar-refractivity contribution >= 4 is 11.4 Å². The van der Waals surface area contributed by atoms with Crippen molar-refractivity contribution in [2.45, 2.75) is 32.7 Å². The number of benzene rings is 1. The third-order valence-electron chi connectivity index (χ3n) is 4.53. The van der Waals surface area contributed by atoms with Crippen molar-refractivity contribution in [2.75, 3.05) is 18.6 Å². The van der Waals surface area contributed by atoms with Gasteiger partial charge in [0.1, 0.15) is 11.5 Å². The maximum absolute atomic E-state index is 11.5. The number of para-hydroxylation sites is 1. The molecule has 1 aliphatic heterocycles. The lowest BCUT2D eigenvalue weighted by molar-refractivity contribution is -0.385. The van der Waals surface area contributed by atoms with Crippen molar-refractivity contribution in [3.63, 3.8) is 0 Å². The van der Waals surface area contributed by atoms with Gasteiger partial charge in [-0.2, -0.15) is 0 Å². The largest absolute Gasteiger partial charge is 0.490 e. The van der Waals surface area contributed by atoms with Crippen LogP contribution in [0.1, 0.15) is 37.0 Å². The fourth-order valence-electron chi connectivity index (χ4n) is 3.39. The number of nitrogens with zero attached hydrogens (tertiary/aromatic N) is 4. The average molecular weight is 330 g/mol. The van der Waals surface area contributed by atoms with Gasteiger partial charge >= 0.3 is 5.69 Å². The predicted molar refractivity (Wildman–Crippen MR) is 91.7 cm³/mol. The summed E-state index contributed by atoms with van der Waals surface area (Å²) in [5.74, 6) is 1.69. The number of anilines is 1. The molecule has 2 aromatic rings. The Labute approximate surface area is 141 Å². The van der Waals surface area contributed by atoms with Gasteiger partial charge in [0.05, 0.1) is 24.3 Å². The van der Waals surface area contributed by atoms with Crippen molar-refractivity contribution in [3.05, 3.63) is 45.5 Å². The van der Waals surface area contributed by atoms with Crippen LogP contribution in [0.15, 0.2) is 18.2 Å². The summed E-state index contributed by atoms with van der Waals surface area (Å²) in [5, 5.41) is 11.5. The van der Waals surface area contributed by atoms with Crippen LogP contribution < -0.4 is 9.64 Å². The smallest absolute Gasteiger partial charge is 0.333 e. The van der Waals surface area contributed by atoms with Gasteiger partial charge in [-0.1, -0.05) is 19.9 Å². The molecule has 128 valence electrons. The van der Waals surface area contributed by atoms with Gasteiger partial charge < -0.3 is 14.2 Å². The molecule has 1 aliphatic rings. The zero-order valence-corrected chi connectivity index (χ0v) is 14.4. The van der Waals surface area contributed by atoms with E-state index in [1.165, 1.54) is 12.8 Å². The molecule has 0 saturated carbocycles. The van der Waals surface area contributed by atoms with Crippen LogP contribution in [0.4, 0.5) is 11.4 Å². The highest BCUT2D eigenvalue weighted by Gasteiger charge is 2.29. The molecule has 3 rings (SSSR count). The quantitative estimate of drug-likeness (QED) is 0.636. The van der Waals surface area contributed by atoms with Gasteiger partial charge in [-0.05, 0) is 12.1 Å². The van der Waals surface area contributed by atoms with Gasteiger partial charge in [0.2, 0.25) is 0 Å². The first-order valence-corrected chi connectivity index (χ1v) is 8.04. The van der Waals surface area contributed by atoms with E-state index in [0.29, 0.717) is 18.2 Å². The maximum atomic E-state index is 11.5.